The molecule has 0 saturated heterocycles. The maximum atomic E-state index is 12.3. The van der Waals surface area contributed by atoms with Crippen molar-refractivity contribution in [2.75, 3.05) is 10.6 Å². The number of allylic oxidation sites excluding steroid dienone is 3. The highest BCUT2D eigenvalue weighted by atomic mass is 16.2. The van der Waals surface area contributed by atoms with E-state index in [1.165, 1.54) is 0 Å². The number of pyridine rings is 1. The number of nitrogens with zero attached hydrogens (tertiary/aromatic N) is 3. The summed E-state index contributed by atoms with van der Waals surface area (Å²) in [5.74, 6) is 1.02. The van der Waals surface area contributed by atoms with Crippen LogP contribution in [0.3, 0.4) is 0 Å². The van der Waals surface area contributed by atoms with Gasteiger partial charge in [-0.15, -0.1) is 0 Å². The molecule has 0 unspecified atom stereocenters. The largest absolute Gasteiger partial charge is 0.326 e. The molecule has 0 fully saturated rings. The van der Waals surface area contributed by atoms with Gasteiger partial charge in [0.2, 0.25) is 0 Å². The first-order chi connectivity index (χ1) is 12.7. The average molecular weight is 345 g/mol. The third kappa shape index (κ3) is 4.05. The van der Waals surface area contributed by atoms with E-state index < -0.39 is 6.03 Å². The Kier molecular flexibility index (Phi) is 5.24. The molecule has 0 saturated carbocycles. The van der Waals surface area contributed by atoms with Crippen molar-refractivity contribution in [3.63, 3.8) is 0 Å². The number of carbonyl (C=O) groups excluding carboxylic acids is 1. The predicted octanol–water partition coefficient (Wildman–Crippen LogP) is 4.50. The second-order valence-corrected chi connectivity index (χ2v) is 5.54. The van der Waals surface area contributed by atoms with Gasteiger partial charge in [-0.2, -0.15) is 5.10 Å². The molecule has 3 aromatic rings. The van der Waals surface area contributed by atoms with E-state index in [1.807, 2.05) is 49.4 Å². The molecular weight excluding hydrogens is 326 g/mol. The summed E-state index contributed by atoms with van der Waals surface area (Å²) in [4.78, 5) is 16.4. The number of anilines is 2. The Morgan fingerprint density at radius 1 is 1.12 bits per heavy atom. The molecule has 1 aromatic carbocycles. The Morgan fingerprint density at radius 3 is 2.58 bits per heavy atom. The summed E-state index contributed by atoms with van der Waals surface area (Å²) in [7, 11) is 0. The van der Waals surface area contributed by atoms with Crippen LogP contribution in [-0.2, 0) is 0 Å². The smallest absolute Gasteiger partial charge is 0.292 e. The summed E-state index contributed by atoms with van der Waals surface area (Å²) in [6.07, 6.45) is 5.19. The van der Waals surface area contributed by atoms with Gasteiger partial charge >= 0.3 is 6.03 Å². The third-order valence-electron chi connectivity index (χ3n) is 3.63. The molecule has 0 spiro atoms. The van der Waals surface area contributed by atoms with Crippen LogP contribution in [0, 0.1) is 0 Å². The van der Waals surface area contributed by atoms with Gasteiger partial charge in [0.1, 0.15) is 11.6 Å². The number of rotatable bonds is 5. The van der Waals surface area contributed by atoms with Gasteiger partial charge < -0.3 is 0 Å². The number of hydrogen-bond acceptors (Lipinski definition) is 3. The lowest BCUT2D eigenvalue weighted by molar-refractivity contribution is 0.262. The number of hydrogen-bond donors (Lipinski definition) is 2. The fraction of sp³-hybridized carbons (Fsp3) is 0.0500. The summed E-state index contributed by atoms with van der Waals surface area (Å²) in [5, 5.41) is 10.1. The molecule has 0 aliphatic heterocycles. The highest BCUT2D eigenvalue weighted by Crippen LogP contribution is 2.22. The molecule has 130 valence electrons. The minimum absolute atomic E-state index is 0.391. The number of urea groups is 1. The molecule has 0 radical (unpaired) electrons. The Morgan fingerprint density at radius 2 is 1.88 bits per heavy atom. The second kappa shape index (κ2) is 7.94. The Hall–Kier alpha value is -3.67. The molecule has 2 amide bonds. The lowest BCUT2D eigenvalue weighted by atomic mass is 10.2. The van der Waals surface area contributed by atoms with Crippen molar-refractivity contribution in [3.05, 3.63) is 85.2 Å². The van der Waals surface area contributed by atoms with Crippen molar-refractivity contribution in [1.29, 1.82) is 0 Å². The fourth-order valence-electron chi connectivity index (χ4n) is 2.39. The summed E-state index contributed by atoms with van der Waals surface area (Å²) < 4.78 is 1.69. The van der Waals surface area contributed by atoms with E-state index in [0.717, 1.165) is 17.0 Å². The zero-order valence-electron chi connectivity index (χ0n) is 14.4. The van der Waals surface area contributed by atoms with Crippen LogP contribution in [0.2, 0.25) is 0 Å². The zero-order chi connectivity index (χ0) is 18.4. The molecule has 0 bridgehead atoms. The third-order valence-corrected chi connectivity index (χ3v) is 3.63. The van der Waals surface area contributed by atoms with Gasteiger partial charge in [-0.05, 0) is 36.8 Å². The first-order valence-corrected chi connectivity index (χ1v) is 8.11. The van der Waals surface area contributed by atoms with E-state index >= 15 is 0 Å². The van der Waals surface area contributed by atoms with E-state index in [-0.39, 0.29) is 0 Å². The van der Waals surface area contributed by atoms with Crippen molar-refractivity contribution in [2.45, 2.75) is 6.92 Å². The summed E-state index contributed by atoms with van der Waals surface area (Å²) in [6, 6.07) is 16.3. The van der Waals surface area contributed by atoms with Crippen molar-refractivity contribution < 1.29 is 4.79 Å². The van der Waals surface area contributed by atoms with E-state index in [0.29, 0.717) is 11.6 Å². The topological polar surface area (TPSA) is 71.8 Å². The van der Waals surface area contributed by atoms with Gasteiger partial charge in [0, 0.05) is 12.3 Å². The van der Waals surface area contributed by atoms with Crippen LogP contribution in [0.15, 0.2) is 79.5 Å². The summed E-state index contributed by atoms with van der Waals surface area (Å²) in [6.45, 7) is 5.65. The predicted molar refractivity (Wildman–Crippen MR) is 104 cm³/mol. The van der Waals surface area contributed by atoms with Gasteiger partial charge in [-0.1, -0.05) is 43.0 Å². The van der Waals surface area contributed by atoms with Crippen molar-refractivity contribution in [1.82, 2.24) is 14.8 Å². The van der Waals surface area contributed by atoms with Crippen LogP contribution in [0.25, 0.3) is 11.3 Å². The summed E-state index contributed by atoms with van der Waals surface area (Å²) in [5.41, 5.74) is 2.54. The Bertz CT molecular complexity index is 929. The molecule has 0 atom stereocenters. The number of aromatic nitrogens is 3. The zero-order valence-corrected chi connectivity index (χ0v) is 14.4. The normalized spacial score (nSPS) is 11.0. The van der Waals surface area contributed by atoms with Crippen LogP contribution >= 0.6 is 0 Å². The van der Waals surface area contributed by atoms with Gasteiger partial charge in [0.15, 0.2) is 0 Å². The number of benzene rings is 1. The van der Waals surface area contributed by atoms with E-state index in [4.69, 9.17) is 0 Å². The molecule has 0 aliphatic rings. The Balaban J connectivity index is 1.90. The molecule has 0 aliphatic carbocycles. The number of nitrogens with one attached hydrogen (secondary N) is 2. The number of amides is 2. The molecule has 2 N–H and O–H groups in total. The van der Waals surface area contributed by atoms with Crippen molar-refractivity contribution in [3.8, 4) is 5.69 Å². The van der Waals surface area contributed by atoms with E-state index in [1.54, 1.807) is 35.2 Å². The number of para-hydroxylation sites is 1. The quantitative estimate of drug-likeness (QED) is 0.669. The molecule has 26 heavy (non-hydrogen) atoms. The van der Waals surface area contributed by atoms with Gasteiger partial charge in [-0.3, -0.25) is 10.6 Å². The summed E-state index contributed by atoms with van der Waals surface area (Å²) >= 11 is 0. The minimum Gasteiger partial charge on any atom is -0.292 e. The number of carbonyl (C=O) groups is 1. The first kappa shape index (κ1) is 17.2. The Labute approximate surface area is 151 Å². The van der Waals surface area contributed by atoms with Crippen molar-refractivity contribution in [2.24, 2.45) is 0 Å². The SMILES string of the molecule is C=CC=C(C)c1cc(NC(=O)Nc2ccccn2)n(-c2ccccc2)n1. The van der Waals surface area contributed by atoms with Crippen LogP contribution in [0.4, 0.5) is 16.4 Å². The standard InChI is InChI=1S/C20H19N5O/c1-3-9-15(2)17-14-19(25(24-17)16-10-5-4-6-11-16)23-20(26)22-18-12-7-8-13-21-18/h3-14H,1H2,2H3,(H2,21,22,23,26). The van der Waals surface area contributed by atoms with Crippen LogP contribution in [-0.4, -0.2) is 20.8 Å². The molecular formula is C20H19N5O. The van der Waals surface area contributed by atoms with Crippen LogP contribution < -0.4 is 10.6 Å². The molecule has 2 aromatic heterocycles. The lowest BCUT2D eigenvalue weighted by Crippen LogP contribution is -2.21. The van der Waals surface area contributed by atoms with Gasteiger partial charge in [0.05, 0.1) is 11.4 Å². The first-order valence-electron chi connectivity index (χ1n) is 8.11. The van der Waals surface area contributed by atoms with Gasteiger partial charge in [-0.25, -0.2) is 14.5 Å². The van der Waals surface area contributed by atoms with Crippen molar-refractivity contribution >= 4 is 23.2 Å². The molecule has 6 nitrogen and oxygen atoms in total. The highest BCUT2D eigenvalue weighted by molar-refractivity contribution is 5.99. The average Bonchev–Trinajstić information content (AvgIpc) is 3.07. The van der Waals surface area contributed by atoms with Crippen LogP contribution in [0.5, 0.6) is 0 Å². The van der Waals surface area contributed by atoms with E-state index in [9.17, 15) is 4.79 Å². The maximum absolute atomic E-state index is 12.3. The fourth-order valence-corrected chi connectivity index (χ4v) is 2.39. The minimum atomic E-state index is -0.391. The maximum Gasteiger partial charge on any atom is 0.326 e. The highest BCUT2D eigenvalue weighted by Gasteiger charge is 2.13. The monoisotopic (exact) mass is 345 g/mol. The van der Waals surface area contributed by atoms with Crippen LogP contribution in [0.1, 0.15) is 12.6 Å². The molecule has 3 rings (SSSR count). The van der Waals surface area contributed by atoms with E-state index in [2.05, 4.69) is 27.3 Å². The second-order valence-electron chi connectivity index (χ2n) is 5.54. The lowest BCUT2D eigenvalue weighted by Gasteiger charge is -2.09. The molecule has 6 heteroatoms. The molecule has 2 heterocycles. The van der Waals surface area contributed by atoms with Gasteiger partial charge in [0.25, 0.3) is 0 Å².